The molecule has 2 aromatic rings. The van der Waals surface area contributed by atoms with E-state index in [0.717, 1.165) is 4.88 Å². The second kappa shape index (κ2) is 7.25. The summed E-state index contributed by atoms with van der Waals surface area (Å²) in [6.07, 6.45) is 3.17. The number of benzene rings is 1. The highest BCUT2D eigenvalue weighted by atomic mass is 32.1. The number of aliphatic carboxylic acids is 1. The molecule has 2 N–H and O–H groups in total. The Labute approximate surface area is 125 Å². The Morgan fingerprint density at radius 1 is 1.29 bits per heavy atom. The van der Waals surface area contributed by atoms with Crippen LogP contribution < -0.4 is 10.1 Å². The molecule has 6 heteroatoms. The van der Waals surface area contributed by atoms with E-state index in [1.807, 2.05) is 17.5 Å². The number of carbonyl (C=O) groups excluding carboxylic acids is 1. The molecule has 5 nitrogen and oxygen atoms in total. The van der Waals surface area contributed by atoms with Gasteiger partial charge in [0.25, 0.3) is 0 Å². The van der Waals surface area contributed by atoms with E-state index < -0.39 is 12.6 Å². The molecule has 1 amide bonds. The SMILES string of the molecule is O=C(O)COc1cccc(NC(=O)C=Cc2cccs2)c1. The van der Waals surface area contributed by atoms with E-state index in [0.29, 0.717) is 11.4 Å². The number of hydrogen-bond donors (Lipinski definition) is 2. The average Bonchev–Trinajstić information content (AvgIpc) is 2.97. The van der Waals surface area contributed by atoms with Crippen LogP contribution in [0.1, 0.15) is 4.88 Å². The van der Waals surface area contributed by atoms with Crippen molar-refractivity contribution in [2.24, 2.45) is 0 Å². The summed E-state index contributed by atoms with van der Waals surface area (Å²) in [5.74, 6) is -0.931. The Morgan fingerprint density at radius 2 is 2.14 bits per heavy atom. The number of carbonyl (C=O) groups is 2. The van der Waals surface area contributed by atoms with Gasteiger partial charge in [-0.25, -0.2) is 4.79 Å². The van der Waals surface area contributed by atoms with E-state index >= 15 is 0 Å². The number of hydrogen-bond acceptors (Lipinski definition) is 4. The summed E-state index contributed by atoms with van der Waals surface area (Å²) in [4.78, 5) is 23.2. The van der Waals surface area contributed by atoms with Crippen molar-refractivity contribution >= 4 is 35.0 Å². The highest BCUT2D eigenvalue weighted by Gasteiger charge is 2.02. The maximum absolute atomic E-state index is 11.8. The van der Waals surface area contributed by atoms with E-state index in [1.165, 1.54) is 6.08 Å². The Bertz CT molecular complexity index is 649. The first-order valence-corrected chi connectivity index (χ1v) is 6.99. The summed E-state index contributed by atoms with van der Waals surface area (Å²) < 4.78 is 5.04. The molecule has 0 aliphatic carbocycles. The first-order valence-electron chi connectivity index (χ1n) is 6.11. The topological polar surface area (TPSA) is 75.6 Å². The van der Waals surface area contributed by atoms with Gasteiger partial charge in [0, 0.05) is 22.7 Å². The van der Waals surface area contributed by atoms with Crippen LogP contribution in [0.15, 0.2) is 47.9 Å². The Kier molecular flexibility index (Phi) is 5.11. The van der Waals surface area contributed by atoms with E-state index in [-0.39, 0.29) is 5.91 Å². The van der Waals surface area contributed by atoms with E-state index in [2.05, 4.69) is 5.32 Å². The molecule has 0 aliphatic heterocycles. The smallest absolute Gasteiger partial charge is 0.341 e. The van der Waals surface area contributed by atoms with Gasteiger partial charge in [-0.2, -0.15) is 0 Å². The number of amides is 1. The first kappa shape index (κ1) is 14.8. The largest absolute Gasteiger partial charge is 0.482 e. The van der Waals surface area contributed by atoms with Crippen LogP contribution in [0.25, 0.3) is 6.08 Å². The molecule has 21 heavy (non-hydrogen) atoms. The zero-order valence-corrected chi connectivity index (χ0v) is 11.8. The van der Waals surface area contributed by atoms with Crippen LogP contribution >= 0.6 is 11.3 Å². The minimum atomic E-state index is -1.05. The van der Waals surface area contributed by atoms with Crippen molar-refractivity contribution in [2.75, 3.05) is 11.9 Å². The van der Waals surface area contributed by atoms with Crippen molar-refractivity contribution < 1.29 is 19.4 Å². The quantitative estimate of drug-likeness (QED) is 0.805. The Morgan fingerprint density at radius 3 is 2.86 bits per heavy atom. The van der Waals surface area contributed by atoms with Gasteiger partial charge in [0.2, 0.25) is 5.91 Å². The van der Waals surface area contributed by atoms with Crippen molar-refractivity contribution in [2.45, 2.75) is 0 Å². The second-order valence-corrected chi connectivity index (χ2v) is 5.03. The molecular formula is C15H13NO4S. The number of ether oxygens (including phenoxy) is 1. The highest BCUT2D eigenvalue weighted by Crippen LogP contribution is 2.17. The molecule has 0 saturated heterocycles. The summed E-state index contributed by atoms with van der Waals surface area (Å²) in [7, 11) is 0. The molecule has 2 rings (SSSR count). The van der Waals surface area contributed by atoms with Crippen LogP contribution in [0.5, 0.6) is 5.75 Å². The molecule has 0 atom stereocenters. The van der Waals surface area contributed by atoms with Crippen LogP contribution in [-0.4, -0.2) is 23.6 Å². The predicted molar refractivity (Wildman–Crippen MR) is 81.6 cm³/mol. The van der Waals surface area contributed by atoms with Crippen LogP contribution in [0.3, 0.4) is 0 Å². The molecule has 1 aromatic heterocycles. The lowest BCUT2D eigenvalue weighted by atomic mass is 10.3. The van der Waals surface area contributed by atoms with Crippen molar-refractivity contribution in [1.82, 2.24) is 0 Å². The van der Waals surface area contributed by atoms with Gasteiger partial charge in [-0.3, -0.25) is 4.79 Å². The molecule has 1 aromatic carbocycles. The summed E-state index contributed by atoms with van der Waals surface area (Å²) in [6.45, 7) is -0.421. The molecular weight excluding hydrogens is 290 g/mol. The number of nitrogens with one attached hydrogen (secondary N) is 1. The number of rotatable bonds is 6. The maximum Gasteiger partial charge on any atom is 0.341 e. The van der Waals surface area contributed by atoms with Crippen LogP contribution in [-0.2, 0) is 9.59 Å². The molecule has 0 fully saturated rings. The van der Waals surface area contributed by atoms with E-state index in [1.54, 1.807) is 41.7 Å². The van der Waals surface area contributed by atoms with Gasteiger partial charge in [0.15, 0.2) is 6.61 Å². The zero-order valence-electron chi connectivity index (χ0n) is 11.0. The lowest BCUT2D eigenvalue weighted by Crippen LogP contribution is -2.10. The van der Waals surface area contributed by atoms with Gasteiger partial charge in [-0.05, 0) is 29.7 Å². The van der Waals surface area contributed by atoms with Crippen LogP contribution in [0.2, 0.25) is 0 Å². The van der Waals surface area contributed by atoms with Gasteiger partial charge in [0.1, 0.15) is 5.75 Å². The standard InChI is InChI=1S/C15H13NO4S/c17-14(7-6-13-5-2-8-21-13)16-11-3-1-4-12(9-11)20-10-15(18)19/h1-9H,10H2,(H,16,17)(H,18,19). The third-order valence-electron chi connectivity index (χ3n) is 2.41. The summed E-state index contributed by atoms with van der Waals surface area (Å²) in [6, 6.07) is 10.4. The van der Waals surface area contributed by atoms with Crippen molar-refractivity contribution in [3.63, 3.8) is 0 Å². The zero-order chi connectivity index (χ0) is 15.1. The minimum Gasteiger partial charge on any atom is -0.482 e. The van der Waals surface area contributed by atoms with Gasteiger partial charge < -0.3 is 15.2 Å². The van der Waals surface area contributed by atoms with Crippen molar-refractivity contribution in [1.29, 1.82) is 0 Å². The van der Waals surface area contributed by atoms with Crippen molar-refractivity contribution in [3.05, 3.63) is 52.7 Å². The highest BCUT2D eigenvalue weighted by molar-refractivity contribution is 7.10. The number of anilines is 1. The van der Waals surface area contributed by atoms with Gasteiger partial charge in [-0.15, -0.1) is 11.3 Å². The maximum atomic E-state index is 11.8. The lowest BCUT2D eigenvalue weighted by Gasteiger charge is -2.06. The first-order chi connectivity index (χ1) is 10.1. The molecule has 0 radical (unpaired) electrons. The Hall–Kier alpha value is -2.60. The fraction of sp³-hybridized carbons (Fsp3) is 0.0667. The molecule has 0 saturated carbocycles. The third-order valence-corrected chi connectivity index (χ3v) is 3.24. The van der Waals surface area contributed by atoms with Crippen LogP contribution in [0, 0.1) is 0 Å². The van der Waals surface area contributed by atoms with Gasteiger partial charge >= 0.3 is 5.97 Å². The molecule has 0 unspecified atom stereocenters. The number of carboxylic acid groups (broad SMARTS) is 1. The normalized spacial score (nSPS) is 10.5. The molecule has 0 aliphatic rings. The predicted octanol–water partition coefficient (Wildman–Crippen LogP) is 2.86. The molecule has 0 spiro atoms. The summed E-state index contributed by atoms with van der Waals surface area (Å²) in [5, 5.41) is 13.2. The molecule has 1 heterocycles. The second-order valence-electron chi connectivity index (χ2n) is 4.05. The van der Waals surface area contributed by atoms with Crippen LogP contribution in [0.4, 0.5) is 5.69 Å². The number of carboxylic acids is 1. The third kappa shape index (κ3) is 5.12. The summed E-state index contributed by atoms with van der Waals surface area (Å²) >= 11 is 1.54. The van der Waals surface area contributed by atoms with E-state index in [9.17, 15) is 9.59 Å². The average molecular weight is 303 g/mol. The van der Waals surface area contributed by atoms with Crippen molar-refractivity contribution in [3.8, 4) is 5.75 Å². The van der Waals surface area contributed by atoms with Gasteiger partial charge in [0.05, 0.1) is 0 Å². The molecule has 0 bridgehead atoms. The minimum absolute atomic E-state index is 0.265. The van der Waals surface area contributed by atoms with E-state index in [4.69, 9.17) is 9.84 Å². The lowest BCUT2D eigenvalue weighted by molar-refractivity contribution is -0.139. The monoisotopic (exact) mass is 303 g/mol. The fourth-order valence-electron chi connectivity index (χ4n) is 1.54. The van der Waals surface area contributed by atoms with Gasteiger partial charge in [-0.1, -0.05) is 12.1 Å². The summed E-state index contributed by atoms with van der Waals surface area (Å²) in [5.41, 5.74) is 0.540. The Balaban J connectivity index is 1.94. The fourth-order valence-corrected chi connectivity index (χ4v) is 2.15. The molecule has 108 valence electrons. The number of thiophene rings is 1.